The number of aromatic nitrogens is 1. The molecule has 0 spiro atoms. The predicted molar refractivity (Wildman–Crippen MR) is 89.2 cm³/mol. The minimum absolute atomic E-state index is 0.163. The quantitative estimate of drug-likeness (QED) is 0.842. The van der Waals surface area contributed by atoms with E-state index in [1.807, 2.05) is 19.1 Å². The zero-order chi connectivity index (χ0) is 15.3. The summed E-state index contributed by atoms with van der Waals surface area (Å²) in [5.74, 6) is 0.940. The summed E-state index contributed by atoms with van der Waals surface area (Å²) < 4.78 is 5.49. The van der Waals surface area contributed by atoms with Gasteiger partial charge in [-0.2, -0.15) is 0 Å². The van der Waals surface area contributed by atoms with Gasteiger partial charge < -0.3 is 10.1 Å². The second kappa shape index (κ2) is 7.05. The summed E-state index contributed by atoms with van der Waals surface area (Å²) in [6.07, 6.45) is 1.97. The summed E-state index contributed by atoms with van der Waals surface area (Å²) >= 11 is 1.73. The highest BCUT2D eigenvalue weighted by atomic mass is 32.1. The number of aryl methyl sites for hydroxylation is 1. The smallest absolute Gasteiger partial charge is 0.122 e. The number of rotatable bonds is 7. The molecule has 0 saturated carbocycles. The Morgan fingerprint density at radius 3 is 2.71 bits per heavy atom. The van der Waals surface area contributed by atoms with Crippen LogP contribution in [0.2, 0.25) is 0 Å². The largest absolute Gasteiger partial charge is 0.496 e. The van der Waals surface area contributed by atoms with Crippen molar-refractivity contribution in [1.29, 1.82) is 0 Å². The van der Waals surface area contributed by atoms with Gasteiger partial charge in [-0.1, -0.05) is 25.1 Å². The van der Waals surface area contributed by atoms with Crippen LogP contribution in [0.4, 0.5) is 0 Å². The molecule has 0 bridgehead atoms. The number of nitrogens with zero attached hydrogens (tertiary/aromatic N) is 1. The van der Waals surface area contributed by atoms with Crippen LogP contribution in [0.3, 0.4) is 0 Å². The van der Waals surface area contributed by atoms with Crippen LogP contribution in [0.1, 0.15) is 36.5 Å². The first-order valence-corrected chi connectivity index (χ1v) is 8.26. The van der Waals surface area contributed by atoms with Gasteiger partial charge in [0.1, 0.15) is 10.8 Å². The highest BCUT2D eigenvalue weighted by Gasteiger charge is 2.30. The lowest BCUT2D eigenvalue weighted by Crippen LogP contribution is -2.42. The Kier molecular flexibility index (Phi) is 5.37. The lowest BCUT2D eigenvalue weighted by molar-refractivity contribution is 0.350. The van der Waals surface area contributed by atoms with Gasteiger partial charge in [-0.25, -0.2) is 4.98 Å². The van der Waals surface area contributed by atoms with E-state index in [4.69, 9.17) is 9.72 Å². The zero-order valence-electron chi connectivity index (χ0n) is 13.3. The Morgan fingerprint density at radius 1 is 1.33 bits per heavy atom. The van der Waals surface area contributed by atoms with Crippen LogP contribution in [-0.2, 0) is 12.0 Å². The highest BCUT2D eigenvalue weighted by molar-refractivity contribution is 7.09. The van der Waals surface area contributed by atoms with Crippen molar-refractivity contribution in [2.24, 2.45) is 0 Å². The number of benzene rings is 1. The first kappa shape index (κ1) is 16.0. The van der Waals surface area contributed by atoms with E-state index in [-0.39, 0.29) is 5.54 Å². The van der Waals surface area contributed by atoms with Crippen molar-refractivity contribution in [3.63, 3.8) is 0 Å². The summed E-state index contributed by atoms with van der Waals surface area (Å²) in [4.78, 5) is 4.70. The van der Waals surface area contributed by atoms with Gasteiger partial charge in [0.15, 0.2) is 0 Å². The predicted octanol–water partition coefficient (Wildman–Crippen LogP) is 3.92. The lowest BCUT2D eigenvalue weighted by Gasteiger charge is -2.29. The maximum Gasteiger partial charge on any atom is 0.122 e. The monoisotopic (exact) mass is 304 g/mol. The van der Waals surface area contributed by atoms with Crippen LogP contribution in [-0.4, -0.2) is 18.6 Å². The molecule has 1 unspecified atom stereocenters. The van der Waals surface area contributed by atoms with Gasteiger partial charge in [-0.05, 0) is 38.4 Å². The van der Waals surface area contributed by atoms with Gasteiger partial charge >= 0.3 is 0 Å². The maximum absolute atomic E-state index is 5.49. The maximum atomic E-state index is 5.49. The molecule has 1 N–H and O–H groups in total. The van der Waals surface area contributed by atoms with Crippen molar-refractivity contribution in [2.75, 3.05) is 13.7 Å². The molecule has 1 aromatic carbocycles. The molecule has 21 heavy (non-hydrogen) atoms. The molecule has 3 nitrogen and oxygen atoms in total. The van der Waals surface area contributed by atoms with Crippen molar-refractivity contribution in [3.8, 4) is 5.75 Å². The molecular weight excluding hydrogens is 280 g/mol. The number of nitrogens with one attached hydrogen (secondary N) is 1. The SMILES string of the molecule is CCCNC(C)(Cc1ccccc1OC)c1nc(C)cs1. The summed E-state index contributed by atoms with van der Waals surface area (Å²) in [7, 11) is 1.73. The van der Waals surface area contributed by atoms with E-state index in [2.05, 4.69) is 36.7 Å². The van der Waals surface area contributed by atoms with E-state index in [0.29, 0.717) is 0 Å². The standard InChI is InChI=1S/C17H24N2OS/c1-5-10-18-17(3,16-19-13(2)12-21-16)11-14-8-6-7-9-15(14)20-4/h6-9,12,18H,5,10-11H2,1-4H3. The number of methoxy groups -OCH3 is 1. The average Bonchev–Trinajstić information content (AvgIpc) is 2.93. The third kappa shape index (κ3) is 3.83. The van der Waals surface area contributed by atoms with Gasteiger partial charge in [-0.15, -0.1) is 11.3 Å². The van der Waals surface area contributed by atoms with Crippen molar-refractivity contribution >= 4 is 11.3 Å². The molecule has 0 aliphatic rings. The Balaban J connectivity index is 2.31. The van der Waals surface area contributed by atoms with Crippen LogP contribution in [0.5, 0.6) is 5.75 Å². The molecule has 0 aliphatic heterocycles. The molecule has 2 rings (SSSR count). The van der Waals surface area contributed by atoms with Crippen LogP contribution in [0.15, 0.2) is 29.6 Å². The molecule has 2 aromatic rings. The summed E-state index contributed by atoms with van der Waals surface area (Å²) in [5, 5.41) is 6.92. The van der Waals surface area contributed by atoms with Crippen molar-refractivity contribution in [1.82, 2.24) is 10.3 Å². The second-order valence-corrected chi connectivity index (χ2v) is 6.40. The minimum Gasteiger partial charge on any atom is -0.496 e. The van der Waals surface area contributed by atoms with Gasteiger partial charge in [0, 0.05) is 17.5 Å². The van der Waals surface area contributed by atoms with E-state index in [9.17, 15) is 0 Å². The fourth-order valence-corrected chi connectivity index (χ4v) is 3.39. The number of hydrogen-bond donors (Lipinski definition) is 1. The lowest BCUT2D eigenvalue weighted by atomic mass is 9.92. The molecule has 0 amide bonds. The van der Waals surface area contributed by atoms with Gasteiger partial charge in [0.2, 0.25) is 0 Å². The number of hydrogen-bond acceptors (Lipinski definition) is 4. The van der Waals surface area contributed by atoms with E-state index in [1.54, 1.807) is 18.4 Å². The Bertz CT molecular complexity index is 582. The van der Waals surface area contributed by atoms with Crippen molar-refractivity contribution in [2.45, 2.75) is 39.2 Å². The molecular formula is C17H24N2OS. The van der Waals surface area contributed by atoms with Gasteiger partial charge in [0.25, 0.3) is 0 Å². The summed E-state index contributed by atoms with van der Waals surface area (Å²) in [6.45, 7) is 7.44. The van der Waals surface area contributed by atoms with Crippen molar-refractivity contribution < 1.29 is 4.74 Å². The van der Waals surface area contributed by atoms with E-state index >= 15 is 0 Å². The molecule has 4 heteroatoms. The second-order valence-electron chi connectivity index (χ2n) is 5.54. The third-order valence-electron chi connectivity index (χ3n) is 3.59. The zero-order valence-corrected chi connectivity index (χ0v) is 14.1. The fraction of sp³-hybridized carbons (Fsp3) is 0.471. The topological polar surface area (TPSA) is 34.1 Å². The number of ether oxygens (including phenoxy) is 1. The summed E-state index contributed by atoms with van der Waals surface area (Å²) in [6, 6.07) is 8.21. The van der Waals surface area contributed by atoms with E-state index in [1.165, 1.54) is 5.56 Å². The minimum atomic E-state index is -0.163. The molecule has 0 aliphatic carbocycles. The fourth-order valence-electron chi connectivity index (χ4n) is 2.45. The van der Waals surface area contributed by atoms with Crippen LogP contribution < -0.4 is 10.1 Å². The van der Waals surface area contributed by atoms with Crippen molar-refractivity contribution in [3.05, 3.63) is 45.9 Å². The van der Waals surface area contributed by atoms with E-state index in [0.717, 1.165) is 35.8 Å². The molecule has 1 aromatic heterocycles. The third-order valence-corrected chi connectivity index (χ3v) is 4.82. The molecule has 0 saturated heterocycles. The number of thiazole rings is 1. The van der Waals surface area contributed by atoms with Gasteiger partial charge in [-0.3, -0.25) is 0 Å². The van der Waals surface area contributed by atoms with Gasteiger partial charge in [0.05, 0.1) is 12.6 Å². The van der Waals surface area contributed by atoms with Crippen LogP contribution >= 0.6 is 11.3 Å². The van der Waals surface area contributed by atoms with Crippen LogP contribution in [0.25, 0.3) is 0 Å². The first-order valence-electron chi connectivity index (χ1n) is 7.38. The molecule has 0 radical (unpaired) electrons. The first-order chi connectivity index (χ1) is 10.1. The number of para-hydroxylation sites is 1. The Morgan fingerprint density at radius 2 is 2.10 bits per heavy atom. The molecule has 0 fully saturated rings. The highest BCUT2D eigenvalue weighted by Crippen LogP contribution is 2.31. The molecule has 1 heterocycles. The Hall–Kier alpha value is -1.39. The van der Waals surface area contributed by atoms with Crippen LogP contribution in [0, 0.1) is 6.92 Å². The Labute approximate surface area is 131 Å². The molecule has 114 valence electrons. The molecule has 1 atom stereocenters. The normalized spacial score (nSPS) is 13.9. The van der Waals surface area contributed by atoms with E-state index < -0.39 is 0 Å². The average molecular weight is 304 g/mol. The summed E-state index contributed by atoms with van der Waals surface area (Å²) in [5.41, 5.74) is 2.13.